The Bertz CT molecular complexity index is 1200. The maximum Gasteiger partial charge on any atom is 0.229 e. The van der Waals surface area contributed by atoms with E-state index in [0.29, 0.717) is 19.0 Å². The molecule has 3 aromatic rings. The summed E-state index contributed by atoms with van der Waals surface area (Å²) in [5, 5.41) is 0. The number of aromatic nitrogens is 2. The molecule has 202 valence electrons. The third-order valence-electron chi connectivity index (χ3n) is 7.81. The molecule has 0 bridgehead atoms. The van der Waals surface area contributed by atoms with Crippen LogP contribution in [-0.4, -0.2) is 59.2 Å². The van der Waals surface area contributed by atoms with E-state index >= 15 is 0 Å². The molecule has 0 unspecified atom stereocenters. The molecule has 2 fully saturated rings. The number of carbonyl (C=O) groups is 1. The van der Waals surface area contributed by atoms with Crippen LogP contribution in [0.4, 0.5) is 5.69 Å². The molecule has 2 aromatic carbocycles. The second-order valence-corrected chi connectivity index (χ2v) is 10.8. The zero-order valence-corrected chi connectivity index (χ0v) is 22.9. The topological polar surface area (TPSA) is 59.8 Å². The summed E-state index contributed by atoms with van der Waals surface area (Å²) < 4.78 is 14.0. The molecule has 1 saturated carbocycles. The standard InChI is InChI=1S/C31H40N4O3/c1-23(2)34-20-25(32-22-34)18-31(36)35-16-15-33(21-27(35)17-24-9-5-4-6-10-24)26-13-14-29(37-3)30(19-26)38-28-11-7-8-12-28/h4-6,9-10,13-14,19-20,22-23,27-28H,7-8,11-12,15-18,21H2,1-3H3/t27-/m0/s1. The first-order valence-electron chi connectivity index (χ1n) is 14.0. The van der Waals surface area contributed by atoms with Crippen LogP contribution in [0.5, 0.6) is 11.5 Å². The summed E-state index contributed by atoms with van der Waals surface area (Å²) in [7, 11) is 1.70. The van der Waals surface area contributed by atoms with E-state index in [2.05, 4.69) is 69.6 Å². The number of hydrogen-bond acceptors (Lipinski definition) is 5. The Morgan fingerprint density at radius 3 is 2.55 bits per heavy atom. The van der Waals surface area contributed by atoms with Crippen LogP contribution in [0.25, 0.3) is 0 Å². The van der Waals surface area contributed by atoms with E-state index in [1.165, 1.54) is 18.4 Å². The SMILES string of the molecule is COc1ccc(N2CCN(C(=O)Cc3cn(C(C)C)cn3)[C@@H](Cc3ccccc3)C2)cc1OC1CCCC1. The number of benzene rings is 2. The predicted molar refractivity (Wildman–Crippen MR) is 150 cm³/mol. The summed E-state index contributed by atoms with van der Waals surface area (Å²) >= 11 is 0. The first-order chi connectivity index (χ1) is 18.5. The van der Waals surface area contributed by atoms with Crippen molar-refractivity contribution in [2.45, 2.75) is 70.6 Å². The molecule has 7 heteroatoms. The van der Waals surface area contributed by atoms with Crippen LogP contribution in [0.1, 0.15) is 56.8 Å². The van der Waals surface area contributed by atoms with Crippen molar-refractivity contribution in [3.05, 3.63) is 72.3 Å². The molecule has 1 atom stereocenters. The second kappa shape index (κ2) is 11.9. The average Bonchev–Trinajstić information content (AvgIpc) is 3.62. The molecule has 1 amide bonds. The van der Waals surface area contributed by atoms with Gasteiger partial charge in [0.1, 0.15) is 0 Å². The summed E-state index contributed by atoms with van der Waals surface area (Å²) in [6, 6.07) is 17.1. The lowest BCUT2D eigenvalue weighted by molar-refractivity contribution is -0.133. The van der Waals surface area contributed by atoms with E-state index in [4.69, 9.17) is 9.47 Å². The first kappa shape index (κ1) is 26.1. The predicted octanol–water partition coefficient (Wildman–Crippen LogP) is 5.30. The molecule has 5 rings (SSSR count). The van der Waals surface area contributed by atoms with E-state index in [1.54, 1.807) is 7.11 Å². The highest BCUT2D eigenvalue weighted by Gasteiger charge is 2.31. The van der Waals surface area contributed by atoms with E-state index in [-0.39, 0.29) is 18.1 Å². The third kappa shape index (κ3) is 6.14. The monoisotopic (exact) mass is 516 g/mol. The molecular weight excluding hydrogens is 476 g/mol. The highest BCUT2D eigenvalue weighted by atomic mass is 16.5. The van der Waals surface area contributed by atoms with Crippen LogP contribution in [0.2, 0.25) is 0 Å². The number of imidazole rings is 1. The normalized spacial score (nSPS) is 18.3. The van der Waals surface area contributed by atoms with Gasteiger partial charge in [0.25, 0.3) is 0 Å². The number of ether oxygens (including phenoxy) is 2. The molecular formula is C31H40N4O3. The lowest BCUT2D eigenvalue weighted by atomic mass is 10.0. The number of rotatable bonds is 9. The van der Waals surface area contributed by atoms with Crippen molar-refractivity contribution in [2.75, 3.05) is 31.6 Å². The van der Waals surface area contributed by atoms with Crippen molar-refractivity contribution in [2.24, 2.45) is 0 Å². The molecule has 0 N–H and O–H groups in total. The molecule has 2 aliphatic rings. The second-order valence-electron chi connectivity index (χ2n) is 10.8. The Morgan fingerprint density at radius 1 is 1.05 bits per heavy atom. The quantitative estimate of drug-likeness (QED) is 0.386. The van der Waals surface area contributed by atoms with Crippen LogP contribution in [0.15, 0.2) is 61.1 Å². The third-order valence-corrected chi connectivity index (χ3v) is 7.81. The molecule has 1 aromatic heterocycles. The zero-order valence-electron chi connectivity index (χ0n) is 22.9. The highest BCUT2D eigenvalue weighted by Crippen LogP contribution is 2.36. The van der Waals surface area contributed by atoms with Gasteiger partial charge in [-0.3, -0.25) is 4.79 Å². The van der Waals surface area contributed by atoms with Crippen molar-refractivity contribution in [1.29, 1.82) is 0 Å². The Balaban J connectivity index is 1.34. The van der Waals surface area contributed by atoms with Crippen LogP contribution in [0.3, 0.4) is 0 Å². The van der Waals surface area contributed by atoms with Crippen molar-refractivity contribution in [3.63, 3.8) is 0 Å². The molecule has 1 aliphatic carbocycles. The van der Waals surface area contributed by atoms with Crippen LogP contribution < -0.4 is 14.4 Å². The van der Waals surface area contributed by atoms with E-state index < -0.39 is 0 Å². The number of methoxy groups -OCH3 is 1. The molecule has 0 radical (unpaired) electrons. The van der Waals surface area contributed by atoms with E-state index in [1.807, 2.05) is 24.7 Å². The van der Waals surface area contributed by atoms with E-state index in [9.17, 15) is 4.79 Å². The van der Waals surface area contributed by atoms with E-state index in [0.717, 1.165) is 55.2 Å². The number of nitrogens with zero attached hydrogens (tertiary/aromatic N) is 4. The van der Waals surface area contributed by atoms with Crippen LogP contribution in [-0.2, 0) is 17.6 Å². The van der Waals surface area contributed by atoms with Crippen molar-refractivity contribution in [3.8, 4) is 11.5 Å². The lowest BCUT2D eigenvalue weighted by Gasteiger charge is -2.43. The number of anilines is 1. The largest absolute Gasteiger partial charge is 0.493 e. The minimum atomic E-state index is 0.0622. The van der Waals surface area contributed by atoms with Gasteiger partial charge in [0, 0.05) is 43.6 Å². The number of piperazine rings is 1. The molecule has 1 saturated heterocycles. The van der Waals surface area contributed by atoms with Crippen molar-refractivity contribution < 1.29 is 14.3 Å². The first-order valence-corrected chi connectivity index (χ1v) is 14.0. The zero-order chi connectivity index (χ0) is 26.5. The number of amides is 1. The van der Waals surface area contributed by atoms with Crippen molar-refractivity contribution in [1.82, 2.24) is 14.5 Å². The van der Waals surface area contributed by atoms with Crippen molar-refractivity contribution >= 4 is 11.6 Å². The Kier molecular flexibility index (Phi) is 8.20. The van der Waals surface area contributed by atoms with Gasteiger partial charge in [-0.2, -0.15) is 0 Å². The molecule has 0 spiro atoms. The summed E-state index contributed by atoms with van der Waals surface area (Å²) in [5.41, 5.74) is 3.18. The molecule has 7 nitrogen and oxygen atoms in total. The van der Waals surface area contributed by atoms with Gasteiger partial charge in [0.15, 0.2) is 11.5 Å². The van der Waals surface area contributed by atoms with Crippen LogP contribution >= 0.6 is 0 Å². The van der Waals surface area contributed by atoms with Gasteiger partial charge in [-0.25, -0.2) is 4.98 Å². The fourth-order valence-corrected chi connectivity index (χ4v) is 5.63. The Morgan fingerprint density at radius 2 is 1.84 bits per heavy atom. The Labute approximate surface area is 226 Å². The maximum atomic E-state index is 13.5. The van der Waals surface area contributed by atoms with Gasteiger partial charge < -0.3 is 23.8 Å². The number of hydrogen-bond donors (Lipinski definition) is 0. The summed E-state index contributed by atoms with van der Waals surface area (Å²) in [6.45, 7) is 6.44. The highest BCUT2D eigenvalue weighted by molar-refractivity contribution is 5.79. The lowest BCUT2D eigenvalue weighted by Crippen LogP contribution is -2.56. The fourth-order valence-electron chi connectivity index (χ4n) is 5.63. The summed E-state index contributed by atoms with van der Waals surface area (Å²) in [5.74, 6) is 1.73. The fraction of sp³-hybridized carbons (Fsp3) is 0.484. The molecule has 2 heterocycles. The van der Waals surface area contributed by atoms with Gasteiger partial charge in [-0.1, -0.05) is 30.3 Å². The van der Waals surface area contributed by atoms with Gasteiger partial charge >= 0.3 is 0 Å². The van der Waals surface area contributed by atoms with Gasteiger partial charge in [-0.15, -0.1) is 0 Å². The average molecular weight is 517 g/mol. The maximum absolute atomic E-state index is 13.5. The summed E-state index contributed by atoms with van der Waals surface area (Å²) in [6.07, 6.45) is 9.86. The van der Waals surface area contributed by atoms with Gasteiger partial charge in [0.2, 0.25) is 5.91 Å². The Hall–Kier alpha value is -3.48. The minimum Gasteiger partial charge on any atom is -0.493 e. The minimum absolute atomic E-state index is 0.0622. The molecule has 38 heavy (non-hydrogen) atoms. The van der Waals surface area contributed by atoms with Gasteiger partial charge in [0.05, 0.1) is 37.7 Å². The smallest absolute Gasteiger partial charge is 0.229 e. The number of carbonyl (C=O) groups excluding carboxylic acids is 1. The molecule has 1 aliphatic heterocycles. The van der Waals surface area contributed by atoms with Gasteiger partial charge in [-0.05, 0) is 63.6 Å². The van der Waals surface area contributed by atoms with Crippen LogP contribution in [0, 0.1) is 0 Å². The summed E-state index contributed by atoms with van der Waals surface area (Å²) in [4.78, 5) is 22.5.